The molecule has 1 aromatic heterocycles. The zero-order valence-corrected chi connectivity index (χ0v) is 29.2. The molecule has 37 heavy (non-hydrogen) atoms. The quantitative estimate of drug-likeness (QED) is 0.375. The number of piperidine rings is 2. The number of benzene rings is 1. The molecule has 3 atom stereocenters. The molecule has 2 bridgehead atoms. The summed E-state index contributed by atoms with van der Waals surface area (Å²) >= 11 is 2.50. The molecule has 3 fully saturated rings. The Hall–Kier alpha value is 1.21. The molecule has 3 N–H and O–H groups in total. The van der Waals surface area contributed by atoms with E-state index in [0.717, 1.165) is 25.7 Å². The monoisotopic (exact) mass is 580 g/mol. The van der Waals surface area contributed by atoms with Crippen LogP contribution in [0.3, 0.4) is 0 Å². The van der Waals surface area contributed by atoms with E-state index >= 15 is 0 Å². The average molecular weight is 581 g/mol. The van der Waals surface area contributed by atoms with Gasteiger partial charge in [0.05, 0.1) is 11.0 Å². The first-order valence-corrected chi connectivity index (χ1v) is 31.6. The third-order valence-corrected chi connectivity index (χ3v) is 8.62. The Kier molecular flexibility index (Phi) is 12.1. The van der Waals surface area contributed by atoms with Crippen LogP contribution in [0.1, 0.15) is 93.6 Å². The molecule has 2 saturated heterocycles. The van der Waals surface area contributed by atoms with Gasteiger partial charge in [0.25, 0.3) is 11.5 Å². The second kappa shape index (κ2) is 14.4. The van der Waals surface area contributed by atoms with E-state index in [2.05, 4.69) is 9.88 Å². The molecule has 0 radical (unpaired) electrons. The van der Waals surface area contributed by atoms with Crippen molar-refractivity contribution in [2.45, 2.75) is 101 Å². The first-order chi connectivity index (χ1) is 17.8. The van der Waals surface area contributed by atoms with Crippen molar-refractivity contribution in [3.8, 4) is 0 Å². The fourth-order valence-electron chi connectivity index (χ4n) is 6.78. The van der Waals surface area contributed by atoms with E-state index in [0.29, 0.717) is 29.2 Å². The third-order valence-electron chi connectivity index (χ3n) is 8.12. The Balaban J connectivity index is 0.00000156. The van der Waals surface area contributed by atoms with Gasteiger partial charge in [-0.05, 0) is 50.7 Å². The molecule has 1 aliphatic carbocycles. The molecule has 5 rings (SSSR count). The molecule has 3 aliphatic rings. The molecule has 192 valence electrons. The van der Waals surface area contributed by atoms with Gasteiger partial charge in [-0.1, -0.05) is 50.7 Å². The van der Waals surface area contributed by atoms with Crippen molar-refractivity contribution in [1.82, 2.24) is 19.5 Å². The molecule has 12 heteroatoms. The molecular weight excluding hydrogens is 545 g/mol. The fraction of sp³-hybridized carbons (Fsp3) is 0.640. The van der Waals surface area contributed by atoms with Gasteiger partial charge >= 0.3 is 70.9 Å². The van der Waals surface area contributed by atoms with Gasteiger partial charge in [0.15, 0.2) is 5.69 Å². The number of hydrogen-bond acceptors (Lipinski definition) is 5. The zero-order valence-electron chi connectivity index (χ0n) is 22.0. The summed E-state index contributed by atoms with van der Waals surface area (Å²) in [6, 6.07) is 8.53. The van der Waals surface area contributed by atoms with Crippen molar-refractivity contribution in [2.75, 3.05) is 0 Å². The predicted octanol–water partition coefficient (Wildman–Crippen LogP) is 3.13. The van der Waals surface area contributed by atoms with Gasteiger partial charge in [-0.15, -0.1) is 0 Å². The summed E-state index contributed by atoms with van der Waals surface area (Å²) in [6.07, 6.45) is 14.2. The van der Waals surface area contributed by atoms with Gasteiger partial charge in [0.2, 0.25) is 0 Å². The standard InChI is InChI=1S/C25H35N4O5P.2K/c30-24(27-35(32,33)34)23-25(31)29(22-14-7-6-13-21(22)26-23)20-15-18-11-8-12-19(16-20)28(18)17-9-4-2-1-3-5-10-17;;/h6-7,13-14,17-20H,1-5,8-12,15-16H2,(H3,27,30,32,33,34);;/t18-,19+,20?;;. The Morgan fingerprint density at radius 3 is 2.08 bits per heavy atom. The van der Waals surface area contributed by atoms with Gasteiger partial charge in [-0.2, -0.15) is 0 Å². The van der Waals surface area contributed by atoms with Gasteiger partial charge in [0, 0.05) is 24.2 Å². The third kappa shape index (κ3) is 7.74. The molecule has 0 spiro atoms. The average Bonchev–Trinajstić information content (AvgIpc) is 2.83. The van der Waals surface area contributed by atoms with Gasteiger partial charge in [0.1, 0.15) is 0 Å². The van der Waals surface area contributed by atoms with Gasteiger partial charge in [-0.3, -0.25) is 19.6 Å². The number of hydrogen-bond donors (Lipinski definition) is 3. The SMILES string of the molecule is O=C(NP(=O)(O)O)c1nc2ccccc2n(C2C[C@H]3CCC[C@@H](C2)N3C2CCCCCCC2)c1=O.[K][K]. The van der Waals surface area contributed by atoms with E-state index in [4.69, 9.17) is 0 Å². The summed E-state index contributed by atoms with van der Waals surface area (Å²) in [5.41, 5.74) is 0.0695. The van der Waals surface area contributed by atoms with E-state index in [9.17, 15) is 23.9 Å². The topological polar surface area (TPSA) is 125 Å². The second-order valence-electron chi connectivity index (χ2n) is 10.4. The maximum atomic E-state index is 13.6. The molecular formula is C25H35K2N4O5P. The normalized spacial score (nSPS) is 25.5. The molecule has 1 unspecified atom stereocenters. The van der Waals surface area contributed by atoms with Crippen LogP contribution in [-0.2, 0) is 4.57 Å². The number of carbonyl (C=O) groups is 1. The predicted molar refractivity (Wildman–Crippen MR) is 145 cm³/mol. The van der Waals surface area contributed by atoms with Crippen molar-refractivity contribution >= 4 is 87.8 Å². The van der Waals surface area contributed by atoms with Crippen LogP contribution in [0.5, 0.6) is 0 Å². The number of nitrogens with one attached hydrogen (secondary N) is 1. The Morgan fingerprint density at radius 2 is 1.46 bits per heavy atom. The molecule has 2 aliphatic heterocycles. The van der Waals surface area contributed by atoms with Crippen LogP contribution in [-0.4, -0.2) is 111 Å². The number of fused-ring (bicyclic) bond motifs is 3. The molecule has 1 amide bonds. The summed E-state index contributed by atoms with van der Waals surface area (Å²) in [7, 11) is -4.86. The Morgan fingerprint density at radius 1 is 0.892 bits per heavy atom. The molecule has 1 saturated carbocycles. The summed E-state index contributed by atoms with van der Waals surface area (Å²) in [5.74, 6) is -1.14. The first kappa shape index (κ1) is 31.2. The van der Waals surface area contributed by atoms with Gasteiger partial charge in [-0.25, -0.2) is 9.55 Å². The van der Waals surface area contributed by atoms with Crippen LogP contribution in [0, 0.1) is 0 Å². The Labute approximate surface area is 263 Å². The number of amides is 1. The van der Waals surface area contributed by atoms with E-state index in [-0.39, 0.29) is 6.04 Å². The van der Waals surface area contributed by atoms with E-state index in [1.54, 1.807) is 21.8 Å². The number of aromatic nitrogens is 2. The summed E-state index contributed by atoms with van der Waals surface area (Å²) < 4.78 is 13.0. The summed E-state index contributed by atoms with van der Waals surface area (Å²) in [4.78, 5) is 51.5. The summed E-state index contributed by atoms with van der Waals surface area (Å²) in [5, 5.41) is 1.62. The summed E-state index contributed by atoms with van der Waals surface area (Å²) in [6.45, 7) is 0. The van der Waals surface area contributed by atoms with Crippen molar-refractivity contribution in [1.29, 1.82) is 0 Å². The van der Waals surface area contributed by atoms with Crippen LogP contribution < -0.4 is 10.6 Å². The van der Waals surface area contributed by atoms with Crippen molar-refractivity contribution in [2.24, 2.45) is 0 Å². The number of rotatable bonds is 4. The minimum absolute atomic E-state index is 0.0860. The molecule has 2 aromatic rings. The number of para-hydroxylation sites is 2. The second-order valence-corrected chi connectivity index (χ2v) is 11.7. The Bertz CT molecular complexity index is 1180. The van der Waals surface area contributed by atoms with Gasteiger partial charge < -0.3 is 14.4 Å². The van der Waals surface area contributed by atoms with Crippen molar-refractivity contribution < 1.29 is 19.1 Å². The van der Waals surface area contributed by atoms with Crippen LogP contribution >= 0.6 is 7.75 Å². The first-order valence-electron chi connectivity index (χ1n) is 14.0. The van der Waals surface area contributed by atoms with Crippen molar-refractivity contribution in [3.63, 3.8) is 0 Å². The maximum absolute atomic E-state index is 13.6. The number of nitrogens with zero attached hydrogens (tertiary/aromatic N) is 3. The number of carbonyl (C=O) groups excluding carboxylic acids is 1. The van der Waals surface area contributed by atoms with E-state index in [1.165, 1.54) is 115 Å². The van der Waals surface area contributed by atoms with Crippen LogP contribution in [0.15, 0.2) is 29.1 Å². The van der Waals surface area contributed by atoms with Crippen LogP contribution in [0.25, 0.3) is 11.0 Å². The molecule has 1 aromatic carbocycles. The van der Waals surface area contributed by atoms with Crippen LogP contribution in [0.2, 0.25) is 0 Å². The zero-order chi connectivity index (χ0) is 26.6. The van der Waals surface area contributed by atoms with Crippen LogP contribution in [0.4, 0.5) is 0 Å². The van der Waals surface area contributed by atoms with E-state index < -0.39 is 24.9 Å². The minimum atomic E-state index is -4.86. The van der Waals surface area contributed by atoms with Crippen molar-refractivity contribution in [3.05, 3.63) is 40.3 Å². The molecule has 3 heterocycles. The fourth-order valence-corrected chi connectivity index (χ4v) is 7.15. The van der Waals surface area contributed by atoms with E-state index in [1.807, 2.05) is 12.1 Å². The molecule has 9 nitrogen and oxygen atoms in total.